The number of aromatic hydroxyl groups is 2. The first-order chi connectivity index (χ1) is 24.0. The van der Waals surface area contributed by atoms with Gasteiger partial charge in [0.1, 0.15) is 46.5 Å². The third-order valence-electron chi connectivity index (χ3n) is 10.3. The van der Waals surface area contributed by atoms with E-state index in [1.807, 2.05) is 0 Å². The number of phenols is 2. The van der Waals surface area contributed by atoms with Crippen LogP contribution in [0.15, 0.2) is 17.1 Å². The summed E-state index contributed by atoms with van der Waals surface area (Å²) in [7, 11) is 4.53. The van der Waals surface area contributed by atoms with Gasteiger partial charge in [0.15, 0.2) is 23.2 Å². The first kappa shape index (κ1) is 36.7. The number of ether oxygens (including phenoxy) is 5. The van der Waals surface area contributed by atoms with Gasteiger partial charge in [0.2, 0.25) is 17.3 Å². The van der Waals surface area contributed by atoms with E-state index in [0.29, 0.717) is 0 Å². The third-order valence-corrected chi connectivity index (χ3v) is 10.7. The second-order valence-electron chi connectivity index (χ2n) is 12.7. The zero-order valence-electron chi connectivity index (χ0n) is 28.0. The number of hydrogen-bond donors (Lipinski definition) is 5. The number of carbonyl (C=O) groups excluding carboxylic acids is 5. The van der Waals surface area contributed by atoms with Gasteiger partial charge < -0.3 is 49.2 Å². The Bertz CT molecular complexity index is 1960. The summed E-state index contributed by atoms with van der Waals surface area (Å²) in [6, 6.07) is 2.11. The maximum Gasteiger partial charge on any atom is 0.341 e. The molecular weight excluding hydrogens is 698 g/mol. The summed E-state index contributed by atoms with van der Waals surface area (Å²) in [6.45, 7) is 3.01. The molecule has 6 unspecified atom stereocenters. The normalized spacial score (nSPS) is 33.8. The molecule has 1 fully saturated rings. The fraction of sp³-hybridized carbons (Fsp3) is 0.471. The van der Waals surface area contributed by atoms with Crippen molar-refractivity contribution in [2.75, 3.05) is 28.4 Å². The van der Waals surface area contributed by atoms with Crippen LogP contribution in [0.5, 0.6) is 11.5 Å². The monoisotopic (exact) mass is 731 g/mol. The van der Waals surface area contributed by atoms with Gasteiger partial charge in [0.05, 0.1) is 30.4 Å². The number of aliphatic hydroxyl groups is 3. The van der Waals surface area contributed by atoms with Gasteiger partial charge in [-0.3, -0.25) is 19.2 Å². The number of benzene rings is 2. The largest absolute Gasteiger partial charge is 0.507 e. The van der Waals surface area contributed by atoms with E-state index in [9.17, 15) is 49.5 Å². The molecule has 3 aliphatic carbocycles. The number of aryl methyl sites for hydroxylation is 1. The maximum atomic E-state index is 14.6. The number of esters is 1. The van der Waals surface area contributed by atoms with Crippen molar-refractivity contribution in [2.24, 2.45) is 4.99 Å². The lowest BCUT2D eigenvalue weighted by atomic mass is 9.56. The van der Waals surface area contributed by atoms with E-state index >= 15 is 0 Å². The lowest BCUT2D eigenvalue weighted by Gasteiger charge is -2.53. The molecule has 4 aliphatic rings. The third kappa shape index (κ3) is 4.64. The summed E-state index contributed by atoms with van der Waals surface area (Å²) in [5.41, 5.74) is -10.8. The van der Waals surface area contributed by atoms with Crippen molar-refractivity contribution in [3.05, 3.63) is 56.6 Å². The second kappa shape index (κ2) is 12.5. The molecule has 1 saturated heterocycles. The van der Waals surface area contributed by atoms with Crippen molar-refractivity contribution in [1.82, 2.24) is 0 Å². The van der Waals surface area contributed by atoms with Crippen LogP contribution < -0.4 is 0 Å². The number of nitrogens with zero attached hydrogens (tertiary/aromatic N) is 1. The highest BCUT2D eigenvalue weighted by molar-refractivity contribution is 6.65. The Morgan fingerprint density at radius 1 is 0.961 bits per heavy atom. The maximum absolute atomic E-state index is 14.6. The van der Waals surface area contributed by atoms with Crippen LogP contribution in [0.3, 0.4) is 0 Å². The Balaban J connectivity index is 1.57. The quantitative estimate of drug-likeness (QED) is 0.205. The second-order valence-corrected chi connectivity index (χ2v) is 13.2. The lowest BCUT2D eigenvalue weighted by Crippen LogP contribution is -2.73. The zero-order chi connectivity index (χ0) is 37.6. The fourth-order valence-corrected chi connectivity index (χ4v) is 8.16. The Morgan fingerprint density at radius 2 is 1.61 bits per heavy atom. The average molecular weight is 732 g/mol. The number of carbonyl (C=O) groups is 5. The van der Waals surface area contributed by atoms with Crippen LogP contribution >= 0.6 is 11.6 Å². The Morgan fingerprint density at radius 3 is 2.20 bits per heavy atom. The Kier molecular flexibility index (Phi) is 9.00. The van der Waals surface area contributed by atoms with E-state index in [0.717, 1.165) is 20.3 Å². The fourth-order valence-electron chi connectivity index (χ4n) is 7.90. The summed E-state index contributed by atoms with van der Waals surface area (Å²) in [5.74, 6) is -8.12. The van der Waals surface area contributed by atoms with Gasteiger partial charge in [0, 0.05) is 44.4 Å². The minimum Gasteiger partial charge on any atom is -0.507 e. The van der Waals surface area contributed by atoms with Gasteiger partial charge in [0.25, 0.3) is 0 Å². The molecule has 51 heavy (non-hydrogen) atoms. The van der Waals surface area contributed by atoms with Gasteiger partial charge in [-0.15, -0.1) is 11.6 Å². The molecule has 0 bridgehead atoms. The first-order valence-corrected chi connectivity index (χ1v) is 16.0. The van der Waals surface area contributed by atoms with Crippen molar-refractivity contribution >= 4 is 46.4 Å². The molecule has 0 spiro atoms. The number of phenolic OH excluding ortho intramolecular Hbond substituents is 2. The van der Waals surface area contributed by atoms with Crippen molar-refractivity contribution < 1.29 is 73.2 Å². The van der Waals surface area contributed by atoms with Crippen LogP contribution in [0.25, 0.3) is 0 Å². The van der Waals surface area contributed by atoms with Crippen LogP contribution in [0.4, 0.5) is 0 Å². The zero-order valence-corrected chi connectivity index (χ0v) is 28.8. The lowest BCUT2D eigenvalue weighted by molar-refractivity contribution is -0.228. The van der Waals surface area contributed by atoms with Crippen LogP contribution in [0, 0.1) is 6.92 Å². The summed E-state index contributed by atoms with van der Waals surface area (Å²) < 4.78 is 26.7. The predicted octanol–water partition coefficient (Wildman–Crippen LogP) is 0.325. The minimum atomic E-state index is -3.26. The standard InChI is InChI=1S/C34H34ClNO15/c1-10-7-12-8-15(37)34(50-6)30(44)18-14(29(43)33(34,46)19(12)24(40)16(10)32(45)49-5)9-13-17(23(18)39)25(41)20(35)21(22(13)38)36-31-28(48-4)26(42)27(47-3)11(2)51-31/h7,9,11,15,20,26-28,31,37,39-40,42,46H,8H2,1-6H3/t11?,15-,20?,26?,27?,28?,31?,33+,34-/m1/s1. The molecule has 0 radical (unpaired) electrons. The highest BCUT2D eigenvalue weighted by Gasteiger charge is 2.73. The van der Waals surface area contributed by atoms with E-state index in [2.05, 4.69) is 4.99 Å². The van der Waals surface area contributed by atoms with Crippen molar-refractivity contribution in [2.45, 2.75) is 73.6 Å². The number of ketones is 4. The molecule has 1 heterocycles. The Hall–Kier alpha value is -4.13. The van der Waals surface area contributed by atoms with Gasteiger partial charge in [-0.05, 0) is 31.0 Å². The number of halogens is 1. The van der Waals surface area contributed by atoms with E-state index in [1.54, 1.807) is 6.92 Å². The van der Waals surface area contributed by atoms with Crippen molar-refractivity contribution in [3.8, 4) is 11.5 Å². The number of Topliss-reactive ketones (excluding diaryl/α,β-unsaturated/α-hetero) is 4. The molecule has 6 rings (SSSR count). The number of hydrogen-bond acceptors (Lipinski definition) is 16. The number of rotatable bonds is 5. The molecule has 17 heteroatoms. The molecule has 5 N–H and O–H groups in total. The molecule has 9 atom stereocenters. The SMILES string of the molecule is COC(=O)c1c(C)cc2c(c1O)[C@]1(O)C(=O)c3cc4c(c(O)c3C(=O)[C@]1(OC)[C@H](O)C2)C(=O)C(Cl)C(=NC1OC(C)C(OC)C(O)C1OC)C4=O. The first-order valence-electron chi connectivity index (χ1n) is 15.6. The number of fused-ring (bicyclic) bond motifs is 5. The van der Waals surface area contributed by atoms with E-state index in [4.69, 9.17) is 35.3 Å². The van der Waals surface area contributed by atoms with Crippen LogP contribution in [-0.4, -0.2) is 137 Å². The van der Waals surface area contributed by atoms with Crippen LogP contribution in [0.2, 0.25) is 0 Å². The van der Waals surface area contributed by atoms with Crippen molar-refractivity contribution in [1.29, 1.82) is 0 Å². The molecule has 0 aromatic heterocycles. The molecule has 16 nitrogen and oxygen atoms in total. The van der Waals surface area contributed by atoms with E-state index in [1.165, 1.54) is 27.2 Å². The van der Waals surface area contributed by atoms with Gasteiger partial charge >= 0.3 is 5.97 Å². The minimum absolute atomic E-state index is 0.0231. The van der Waals surface area contributed by atoms with Crippen LogP contribution in [-0.2, 0) is 35.7 Å². The topological polar surface area (TPSA) is 245 Å². The molecule has 1 aliphatic heterocycles. The number of methoxy groups -OCH3 is 4. The van der Waals surface area contributed by atoms with Gasteiger partial charge in [-0.25, -0.2) is 9.79 Å². The summed E-state index contributed by atoms with van der Waals surface area (Å²) >= 11 is 6.45. The summed E-state index contributed by atoms with van der Waals surface area (Å²) in [5, 5.41) is 55.8. The van der Waals surface area contributed by atoms with Gasteiger partial charge in [-0.1, -0.05) is 6.07 Å². The number of aliphatic imine (C=N–C) groups is 1. The van der Waals surface area contributed by atoms with Gasteiger partial charge in [-0.2, -0.15) is 0 Å². The van der Waals surface area contributed by atoms with E-state index < -0.39 is 139 Å². The predicted molar refractivity (Wildman–Crippen MR) is 172 cm³/mol. The molecule has 2 aromatic carbocycles. The molecule has 0 amide bonds. The Labute approximate surface area is 294 Å². The number of aliphatic hydroxyl groups excluding tert-OH is 2. The van der Waals surface area contributed by atoms with Crippen LogP contribution in [0.1, 0.15) is 75.4 Å². The summed E-state index contributed by atoms with van der Waals surface area (Å²) in [4.78, 5) is 73.8. The molecule has 0 saturated carbocycles. The van der Waals surface area contributed by atoms with E-state index in [-0.39, 0.29) is 11.1 Å². The average Bonchev–Trinajstić information content (AvgIpc) is 3.07. The smallest absolute Gasteiger partial charge is 0.341 e. The molecule has 2 aromatic rings. The highest BCUT2D eigenvalue weighted by atomic mass is 35.5. The molecular formula is C34H34ClNO15. The van der Waals surface area contributed by atoms with Crippen molar-refractivity contribution in [3.63, 3.8) is 0 Å². The highest BCUT2D eigenvalue weighted by Crippen LogP contribution is 2.56. The summed E-state index contributed by atoms with van der Waals surface area (Å²) in [6.07, 6.45) is -7.93. The molecule has 272 valence electrons. The number of alkyl halides is 1.